The molecule has 1 unspecified atom stereocenters. The maximum absolute atomic E-state index is 9.11. The number of hydrogen-bond acceptors (Lipinski definition) is 2. The fraction of sp³-hybridized carbons (Fsp3) is 0.333. The molecule has 0 saturated carbocycles. The van der Waals surface area contributed by atoms with Gasteiger partial charge in [0.05, 0.1) is 6.10 Å². The first-order valence-electron chi connectivity index (χ1n) is 3.70. The molecule has 1 nitrogen and oxygen atoms in total. The van der Waals surface area contributed by atoms with E-state index in [0.29, 0.717) is 0 Å². The molecule has 0 aliphatic heterocycles. The van der Waals surface area contributed by atoms with Crippen molar-refractivity contribution in [2.45, 2.75) is 20.0 Å². The lowest BCUT2D eigenvalue weighted by Crippen LogP contribution is -1.93. The van der Waals surface area contributed by atoms with E-state index >= 15 is 0 Å². The highest BCUT2D eigenvalue weighted by atomic mass is 79.9. The van der Waals surface area contributed by atoms with Crippen LogP contribution < -0.4 is 0 Å². The molecule has 1 rings (SSSR count). The normalized spacial score (nSPS) is 14.8. The van der Waals surface area contributed by atoms with Crippen LogP contribution in [-0.2, 0) is 0 Å². The molecule has 0 saturated heterocycles. The van der Waals surface area contributed by atoms with Crippen LogP contribution in [0.2, 0.25) is 0 Å². The van der Waals surface area contributed by atoms with Gasteiger partial charge in [-0.3, -0.25) is 0 Å². The van der Waals surface area contributed by atoms with Crippen LogP contribution in [0.4, 0.5) is 0 Å². The number of aliphatic hydroxyl groups is 1. The molecule has 0 spiro atoms. The van der Waals surface area contributed by atoms with E-state index in [2.05, 4.69) is 22.0 Å². The quantitative estimate of drug-likeness (QED) is 0.850. The van der Waals surface area contributed by atoms with Crippen LogP contribution in [0.1, 0.15) is 18.7 Å². The van der Waals surface area contributed by atoms with Crippen LogP contribution in [0, 0.1) is 0 Å². The van der Waals surface area contributed by atoms with Gasteiger partial charge in [0.1, 0.15) is 0 Å². The van der Waals surface area contributed by atoms with Gasteiger partial charge in [-0.15, -0.1) is 11.3 Å². The second kappa shape index (κ2) is 4.21. The van der Waals surface area contributed by atoms with Crippen molar-refractivity contribution < 1.29 is 5.11 Å². The molecule has 1 atom stereocenters. The van der Waals surface area contributed by atoms with Crippen LogP contribution in [-0.4, -0.2) is 11.2 Å². The highest BCUT2D eigenvalue weighted by Gasteiger charge is 2.00. The zero-order valence-electron chi connectivity index (χ0n) is 7.04. The summed E-state index contributed by atoms with van der Waals surface area (Å²) < 4.78 is 1.10. The van der Waals surface area contributed by atoms with Crippen molar-refractivity contribution in [3.8, 4) is 0 Å². The summed E-state index contributed by atoms with van der Waals surface area (Å²) >= 11 is 5.06. The number of aliphatic hydroxyl groups excluding tert-OH is 1. The number of halogens is 1. The van der Waals surface area contributed by atoms with Crippen LogP contribution in [0.5, 0.6) is 0 Å². The van der Waals surface area contributed by atoms with Crippen molar-refractivity contribution in [1.82, 2.24) is 0 Å². The summed E-state index contributed by atoms with van der Waals surface area (Å²) in [5, 5.41) is 11.1. The van der Waals surface area contributed by atoms with Crippen molar-refractivity contribution in [3.05, 3.63) is 26.9 Å². The van der Waals surface area contributed by atoms with E-state index in [4.69, 9.17) is 5.11 Å². The van der Waals surface area contributed by atoms with Gasteiger partial charge in [0.25, 0.3) is 0 Å². The molecule has 3 heteroatoms. The van der Waals surface area contributed by atoms with E-state index in [1.54, 1.807) is 18.3 Å². The molecule has 0 bridgehead atoms. The van der Waals surface area contributed by atoms with Crippen molar-refractivity contribution in [1.29, 1.82) is 0 Å². The lowest BCUT2D eigenvalue weighted by molar-refractivity contribution is 0.244. The lowest BCUT2D eigenvalue weighted by atomic mass is 10.2. The molecule has 0 fully saturated rings. The van der Waals surface area contributed by atoms with E-state index in [0.717, 1.165) is 10.0 Å². The minimum Gasteiger partial charge on any atom is -0.389 e. The smallest absolute Gasteiger partial charge is 0.0698 e. The summed E-state index contributed by atoms with van der Waals surface area (Å²) in [4.78, 5) is 1.20. The summed E-state index contributed by atoms with van der Waals surface area (Å²) in [5.74, 6) is 0. The van der Waals surface area contributed by atoms with E-state index in [-0.39, 0.29) is 6.10 Å². The molecular weight excluding hydrogens is 236 g/mol. The van der Waals surface area contributed by atoms with Crippen LogP contribution in [0.25, 0.3) is 5.57 Å². The van der Waals surface area contributed by atoms with Gasteiger partial charge in [0.2, 0.25) is 0 Å². The number of allylic oxidation sites excluding steroid dienone is 1. The summed E-state index contributed by atoms with van der Waals surface area (Å²) in [6.07, 6.45) is 1.48. The third-order valence-corrected chi connectivity index (χ3v) is 3.27. The Bertz CT molecular complexity index is 288. The van der Waals surface area contributed by atoms with E-state index in [1.807, 2.05) is 18.4 Å². The maximum atomic E-state index is 9.11. The van der Waals surface area contributed by atoms with Crippen molar-refractivity contribution in [2.75, 3.05) is 0 Å². The summed E-state index contributed by atoms with van der Waals surface area (Å²) in [5.41, 5.74) is 1.13. The zero-order chi connectivity index (χ0) is 9.14. The van der Waals surface area contributed by atoms with Gasteiger partial charge in [-0.2, -0.15) is 0 Å². The SMILES string of the molecule is C/C(=C/C(C)O)c1cc(Br)cs1. The summed E-state index contributed by atoms with van der Waals surface area (Å²) in [7, 11) is 0. The fourth-order valence-corrected chi connectivity index (χ4v) is 2.38. The molecule has 1 heterocycles. The van der Waals surface area contributed by atoms with Gasteiger partial charge < -0.3 is 5.11 Å². The number of rotatable bonds is 2. The molecule has 0 aromatic carbocycles. The molecule has 1 aromatic heterocycles. The molecule has 0 radical (unpaired) electrons. The lowest BCUT2D eigenvalue weighted by Gasteiger charge is -1.98. The number of thiophene rings is 1. The van der Waals surface area contributed by atoms with Crippen LogP contribution in [0.15, 0.2) is 22.0 Å². The highest BCUT2D eigenvalue weighted by molar-refractivity contribution is 9.10. The molecule has 0 aliphatic carbocycles. The van der Waals surface area contributed by atoms with Gasteiger partial charge in [-0.25, -0.2) is 0 Å². The fourth-order valence-electron chi connectivity index (χ4n) is 0.964. The molecular formula is C9H11BrOS. The second-order valence-corrected chi connectivity index (χ2v) is 4.55. The average Bonchev–Trinajstić information content (AvgIpc) is 2.34. The predicted molar refractivity (Wildman–Crippen MR) is 57.4 cm³/mol. The Morgan fingerprint density at radius 1 is 1.75 bits per heavy atom. The minimum atomic E-state index is -0.370. The van der Waals surface area contributed by atoms with Gasteiger partial charge in [-0.1, -0.05) is 6.08 Å². The average molecular weight is 247 g/mol. The largest absolute Gasteiger partial charge is 0.389 e. The Morgan fingerprint density at radius 3 is 2.83 bits per heavy atom. The van der Waals surface area contributed by atoms with E-state index < -0.39 is 0 Å². The predicted octanol–water partition coefficient (Wildman–Crippen LogP) is 3.29. The Morgan fingerprint density at radius 2 is 2.42 bits per heavy atom. The molecule has 0 amide bonds. The first-order chi connectivity index (χ1) is 5.59. The summed E-state index contributed by atoms with van der Waals surface area (Å²) in [6, 6.07) is 2.05. The van der Waals surface area contributed by atoms with Gasteiger partial charge in [0.15, 0.2) is 0 Å². The Labute approximate surface area is 84.9 Å². The van der Waals surface area contributed by atoms with Gasteiger partial charge in [0, 0.05) is 14.7 Å². The minimum absolute atomic E-state index is 0.370. The topological polar surface area (TPSA) is 20.2 Å². The first kappa shape index (κ1) is 9.96. The maximum Gasteiger partial charge on any atom is 0.0698 e. The Hall–Kier alpha value is -0.120. The monoisotopic (exact) mass is 246 g/mol. The van der Waals surface area contributed by atoms with Crippen LogP contribution >= 0.6 is 27.3 Å². The molecule has 66 valence electrons. The van der Waals surface area contributed by atoms with E-state index in [9.17, 15) is 0 Å². The first-order valence-corrected chi connectivity index (χ1v) is 5.38. The van der Waals surface area contributed by atoms with Gasteiger partial charge in [-0.05, 0) is 41.4 Å². The third-order valence-electron chi connectivity index (χ3n) is 1.45. The third kappa shape index (κ3) is 2.73. The second-order valence-electron chi connectivity index (χ2n) is 2.72. The van der Waals surface area contributed by atoms with Crippen LogP contribution in [0.3, 0.4) is 0 Å². The van der Waals surface area contributed by atoms with E-state index in [1.165, 1.54) is 4.88 Å². The number of hydrogen-bond donors (Lipinski definition) is 1. The van der Waals surface area contributed by atoms with Crippen molar-refractivity contribution in [3.63, 3.8) is 0 Å². The molecule has 12 heavy (non-hydrogen) atoms. The Balaban J connectivity index is 2.84. The van der Waals surface area contributed by atoms with Crippen molar-refractivity contribution in [2.24, 2.45) is 0 Å². The zero-order valence-corrected chi connectivity index (χ0v) is 9.45. The highest BCUT2D eigenvalue weighted by Crippen LogP contribution is 2.26. The molecule has 1 N–H and O–H groups in total. The molecule has 1 aromatic rings. The standard InChI is InChI=1S/C9H11BrOS/c1-6(3-7(2)11)9-4-8(10)5-12-9/h3-5,7,11H,1-2H3/b6-3-. The molecule has 0 aliphatic rings. The van der Waals surface area contributed by atoms with Crippen molar-refractivity contribution >= 4 is 32.8 Å². The van der Waals surface area contributed by atoms with Gasteiger partial charge >= 0.3 is 0 Å². The summed E-state index contributed by atoms with van der Waals surface area (Å²) in [6.45, 7) is 3.76. The Kier molecular flexibility index (Phi) is 3.50.